The number of aryl methyl sites for hydroxylation is 2. The Morgan fingerprint density at radius 2 is 1.85 bits per heavy atom. The molecule has 14 nitrogen and oxygen atoms in total. The van der Waals surface area contributed by atoms with Crippen molar-refractivity contribution >= 4 is 34.8 Å². The van der Waals surface area contributed by atoms with Gasteiger partial charge in [-0.3, -0.25) is 9.79 Å². The van der Waals surface area contributed by atoms with Gasteiger partial charge in [-0.2, -0.15) is 0 Å². The predicted octanol–water partition coefficient (Wildman–Crippen LogP) is 4.58. The van der Waals surface area contributed by atoms with E-state index in [-0.39, 0.29) is 23.1 Å². The Balaban J connectivity index is 0.936. The van der Waals surface area contributed by atoms with E-state index in [1.54, 1.807) is 31.3 Å². The molecule has 1 spiro atoms. The lowest BCUT2D eigenvalue weighted by molar-refractivity contribution is -0.171. The van der Waals surface area contributed by atoms with Gasteiger partial charge in [0.05, 0.1) is 35.8 Å². The van der Waals surface area contributed by atoms with Crippen LogP contribution in [0.2, 0.25) is 0 Å². The fraction of sp³-hybridized carbons (Fsp3) is 0.390. The van der Waals surface area contributed by atoms with Crippen molar-refractivity contribution in [2.45, 2.75) is 94.9 Å². The summed E-state index contributed by atoms with van der Waals surface area (Å²) in [5, 5.41) is 22.8. The third-order valence-corrected chi connectivity index (χ3v) is 11.3. The predicted molar refractivity (Wildman–Crippen MR) is 203 cm³/mol. The van der Waals surface area contributed by atoms with Crippen molar-refractivity contribution < 1.29 is 33.6 Å². The van der Waals surface area contributed by atoms with Gasteiger partial charge in [0, 0.05) is 60.1 Å². The molecule has 6 N–H and O–H groups in total. The fourth-order valence-corrected chi connectivity index (χ4v) is 8.76. The Morgan fingerprint density at radius 1 is 1.04 bits per heavy atom. The van der Waals surface area contributed by atoms with Crippen LogP contribution < -0.4 is 21.6 Å². The van der Waals surface area contributed by atoms with Crippen LogP contribution in [0.5, 0.6) is 11.5 Å². The molecule has 2 fully saturated rings. The maximum absolute atomic E-state index is 14.1. The molecule has 1 aromatic carbocycles. The van der Waals surface area contributed by atoms with Gasteiger partial charge in [0.15, 0.2) is 11.0 Å². The zero-order chi connectivity index (χ0) is 38.4. The highest BCUT2D eigenvalue weighted by atomic mass is 16.7. The first-order valence-electron chi connectivity index (χ1n) is 18.6. The highest BCUT2D eigenvalue weighted by Gasteiger charge is 2.65. The largest absolute Gasteiger partial charge is 0.507 e. The average Bonchev–Trinajstić information content (AvgIpc) is 3.37. The van der Waals surface area contributed by atoms with Crippen LogP contribution in [-0.4, -0.2) is 73.3 Å². The number of carbonyl (C=O) groups is 1. The molecule has 0 amide bonds. The minimum atomic E-state index is -1.35. The van der Waals surface area contributed by atoms with E-state index < -0.39 is 46.8 Å². The molecule has 8 heterocycles. The van der Waals surface area contributed by atoms with E-state index in [0.717, 1.165) is 29.1 Å². The van der Waals surface area contributed by atoms with Crippen LogP contribution in [0.25, 0.3) is 22.2 Å². The van der Waals surface area contributed by atoms with E-state index in [1.807, 2.05) is 38.3 Å². The van der Waals surface area contributed by atoms with Crippen molar-refractivity contribution in [2.24, 2.45) is 4.99 Å². The molecular formula is C41H42N6O8. The van der Waals surface area contributed by atoms with E-state index in [4.69, 9.17) is 30.1 Å². The molecule has 5 aliphatic heterocycles. The smallest absolute Gasteiger partial charge is 0.341 e. The minimum absolute atomic E-state index is 0.0310. The zero-order valence-electron chi connectivity index (χ0n) is 30.7. The molecule has 0 bridgehead atoms. The van der Waals surface area contributed by atoms with Crippen LogP contribution in [0.3, 0.4) is 0 Å². The zero-order valence-corrected chi connectivity index (χ0v) is 30.7. The Kier molecular flexibility index (Phi) is 8.06. The number of aromatic nitrogens is 2. The number of aliphatic hydroxyl groups is 1. The quantitative estimate of drug-likeness (QED) is 0.157. The summed E-state index contributed by atoms with van der Waals surface area (Å²) in [5.74, 6) is 0.00377. The van der Waals surface area contributed by atoms with Crippen LogP contribution in [0.1, 0.15) is 68.0 Å². The number of hydrogen-bond acceptors (Lipinski definition) is 14. The van der Waals surface area contributed by atoms with E-state index in [0.29, 0.717) is 66.6 Å². The number of anilines is 2. The van der Waals surface area contributed by atoms with Crippen molar-refractivity contribution in [3.8, 4) is 22.8 Å². The number of aliphatic imine (C=N–C) groups is 1. The lowest BCUT2D eigenvalue weighted by Gasteiger charge is -2.44. The number of nitrogens with two attached hydrogens (primary N) is 2. The van der Waals surface area contributed by atoms with Gasteiger partial charge >= 0.3 is 5.97 Å². The molecule has 5 unspecified atom stereocenters. The number of ether oxygens (including phenoxy) is 3. The maximum Gasteiger partial charge on any atom is 0.341 e. The second-order valence-corrected chi connectivity index (χ2v) is 15.8. The van der Waals surface area contributed by atoms with Crippen LogP contribution in [0.4, 0.5) is 11.6 Å². The number of benzene rings is 1. The molecule has 55 heavy (non-hydrogen) atoms. The highest BCUT2D eigenvalue weighted by molar-refractivity contribution is 5.88. The number of aliphatic hydroxyl groups excluding tert-OH is 1. The summed E-state index contributed by atoms with van der Waals surface area (Å²) in [6.45, 7) is 6.59. The van der Waals surface area contributed by atoms with E-state index >= 15 is 0 Å². The molecule has 9 rings (SSSR count). The van der Waals surface area contributed by atoms with Crippen molar-refractivity contribution in [3.05, 3.63) is 92.7 Å². The van der Waals surface area contributed by atoms with Gasteiger partial charge in [0.25, 0.3) is 0 Å². The molecule has 284 valence electrons. The number of epoxide rings is 1. The number of hydrogen-bond donors (Lipinski definition) is 4. The van der Waals surface area contributed by atoms with E-state index in [1.165, 1.54) is 11.6 Å². The standard InChI is InChI=1S/C41H42N6O8/c1-20-10-29(49)36-30(52-20)15-31-35(37(36)50)26-6-5-25(48)16-41(39(51)53-38(26)40(2,3)54-31)32(55-41)7-4-21-11-27(46-33(42)12-21)23-13-24(45-34(43)14-23)18-47-17-22-8-9-44-28(22)19-47/h8-15,19,25-26,32,38,48,50H,4-7,16-18H2,1-3H3,(H2,42,46)(H2,43,45). The van der Waals surface area contributed by atoms with Gasteiger partial charge in [0.1, 0.15) is 51.6 Å². The van der Waals surface area contributed by atoms with Crippen molar-refractivity contribution in [2.75, 3.05) is 18.0 Å². The summed E-state index contributed by atoms with van der Waals surface area (Å²) in [6.07, 6.45) is 5.25. The number of carbonyl (C=O) groups excluding carboxylic acids is 1. The SMILES string of the molecule is Cc1cc(=O)c2c(O)c3c(cc2o1)OC(C)(C)C1OC(=O)C2(CC(O)CCC31)OC2CCc1cc(N)nc(-c2cc(N)nc(CN3C=C4N=CC=C4C3)c2)c1. The Bertz CT molecular complexity index is 2440. The van der Waals surface area contributed by atoms with Gasteiger partial charge in [-0.1, -0.05) is 0 Å². The molecular weight excluding hydrogens is 704 g/mol. The lowest BCUT2D eigenvalue weighted by atomic mass is 9.77. The third kappa shape index (κ3) is 6.18. The number of nitrogens with zero attached hydrogens (tertiary/aromatic N) is 4. The van der Waals surface area contributed by atoms with Gasteiger partial charge in [-0.15, -0.1) is 0 Å². The summed E-state index contributed by atoms with van der Waals surface area (Å²) in [4.78, 5) is 42.8. The summed E-state index contributed by atoms with van der Waals surface area (Å²) in [7, 11) is 0. The maximum atomic E-state index is 14.1. The highest BCUT2D eigenvalue weighted by Crippen LogP contribution is 2.54. The summed E-state index contributed by atoms with van der Waals surface area (Å²) in [5.41, 5.74) is 15.6. The second kappa shape index (κ2) is 12.7. The minimum Gasteiger partial charge on any atom is -0.507 e. The lowest BCUT2D eigenvalue weighted by Crippen LogP contribution is -2.52. The van der Waals surface area contributed by atoms with Crippen LogP contribution in [-0.2, 0) is 27.2 Å². The molecule has 5 aliphatic rings. The van der Waals surface area contributed by atoms with Crippen LogP contribution >= 0.6 is 0 Å². The van der Waals surface area contributed by atoms with Gasteiger partial charge in [-0.25, -0.2) is 14.8 Å². The number of phenolic OH excluding ortho intramolecular Hbond substituents is 1. The van der Waals surface area contributed by atoms with Crippen LogP contribution in [0.15, 0.2) is 74.1 Å². The number of allylic oxidation sites excluding steroid dienone is 1. The van der Waals surface area contributed by atoms with Gasteiger partial charge in [-0.05, 0) is 82.4 Å². The number of pyridine rings is 2. The number of fused-ring (bicyclic) bond motifs is 5. The number of aromatic hydroxyl groups is 1. The molecule has 0 radical (unpaired) electrons. The molecule has 5 atom stereocenters. The van der Waals surface area contributed by atoms with Gasteiger partial charge < -0.3 is 45.2 Å². The first-order chi connectivity index (χ1) is 26.3. The topological polar surface area (TPSA) is 212 Å². The van der Waals surface area contributed by atoms with Crippen LogP contribution in [0, 0.1) is 6.92 Å². The fourth-order valence-electron chi connectivity index (χ4n) is 8.76. The monoisotopic (exact) mass is 746 g/mol. The molecule has 3 aromatic heterocycles. The van der Waals surface area contributed by atoms with E-state index in [9.17, 15) is 19.8 Å². The average molecular weight is 747 g/mol. The Hall–Kier alpha value is -5.73. The first-order valence-corrected chi connectivity index (χ1v) is 18.6. The Labute approximate surface area is 316 Å². The second-order valence-electron chi connectivity index (χ2n) is 15.8. The number of rotatable bonds is 6. The van der Waals surface area contributed by atoms with E-state index in [2.05, 4.69) is 19.9 Å². The summed E-state index contributed by atoms with van der Waals surface area (Å²) >= 11 is 0. The molecule has 2 saturated heterocycles. The third-order valence-electron chi connectivity index (χ3n) is 11.3. The first kappa shape index (κ1) is 35.0. The van der Waals surface area contributed by atoms with Crippen molar-refractivity contribution in [1.29, 1.82) is 0 Å². The van der Waals surface area contributed by atoms with Crippen molar-refractivity contribution in [3.63, 3.8) is 0 Å². The summed E-state index contributed by atoms with van der Waals surface area (Å²) in [6, 6.07) is 10.4. The molecule has 4 aromatic rings. The molecule has 0 aliphatic carbocycles. The van der Waals surface area contributed by atoms with Crippen molar-refractivity contribution in [1.82, 2.24) is 14.9 Å². The normalized spacial score (nSPS) is 26.3. The van der Waals surface area contributed by atoms with Gasteiger partial charge in [0.2, 0.25) is 0 Å². The molecule has 14 heteroatoms. The number of esters is 1. The molecule has 0 saturated carbocycles. The summed E-state index contributed by atoms with van der Waals surface area (Å²) < 4.78 is 24.6. The number of nitrogen functional groups attached to an aromatic ring is 2. The Morgan fingerprint density at radius 3 is 2.67 bits per heavy atom. The number of phenols is 1.